The maximum absolute atomic E-state index is 5.82. The number of rotatable bonds is 13. The molecule has 0 bridgehead atoms. The van der Waals surface area contributed by atoms with Crippen molar-refractivity contribution in [1.82, 2.24) is 0 Å². The highest BCUT2D eigenvalue weighted by Crippen LogP contribution is 2.19. The van der Waals surface area contributed by atoms with Crippen LogP contribution in [0, 0.1) is 0 Å². The van der Waals surface area contributed by atoms with E-state index in [-0.39, 0.29) is 0 Å². The molecule has 2 unspecified atom stereocenters. The fourth-order valence-electron chi connectivity index (χ4n) is 2.19. The lowest BCUT2D eigenvalue weighted by atomic mass is 10.3. The number of ether oxygens (including phenoxy) is 4. The van der Waals surface area contributed by atoms with E-state index in [1.807, 2.05) is 0 Å². The van der Waals surface area contributed by atoms with Gasteiger partial charge in [-0.2, -0.15) is 0 Å². The fraction of sp³-hybridized carbons (Fsp3) is 1.00. The van der Waals surface area contributed by atoms with Gasteiger partial charge >= 0.3 is 0 Å². The second kappa shape index (κ2) is 12.5. The molecule has 0 heterocycles. The van der Waals surface area contributed by atoms with Gasteiger partial charge in [-0.05, 0) is 25.7 Å². The van der Waals surface area contributed by atoms with E-state index in [4.69, 9.17) is 24.7 Å². The molecule has 1 saturated carbocycles. The van der Waals surface area contributed by atoms with Gasteiger partial charge in [0, 0.05) is 12.6 Å². The first-order valence-corrected chi connectivity index (χ1v) is 7.93. The highest BCUT2D eigenvalue weighted by molar-refractivity contribution is 4.77. The maximum atomic E-state index is 5.82. The lowest BCUT2D eigenvalue weighted by Gasteiger charge is -2.11. The summed E-state index contributed by atoms with van der Waals surface area (Å²) in [5.74, 6) is 0. The van der Waals surface area contributed by atoms with Crippen LogP contribution in [0.15, 0.2) is 0 Å². The molecule has 0 aromatic carbocycles. The molecule has 1 aliphatic rings. The molecule has 20 heavy (non-hydrogen) atoms. The summed E-state index contributed by atoms with van der Waals surface area (Å²) in [6, 6.07) is 0.328. The average Bonchev–Trinajstić information content (AvgIpc) is 2.86. The van der Waals surface area contributed by atoms with Crippen LogP contribution in [-0.4, -0.2) is 58.4 Å². The van der Waals surface area contributed by atoms with E-state index < -0.39 is 0 Å². The topological polar surface area (TPSA) is 62.9 Å². The van der Waals surface area contributed by atoms with Crippen molar-refractivity contribution in [1.29, 1.82) is 0 Å². The van der Waals surface area contributed by atoms with Crippen molar-refractivity contribution in [3.8, 4) is 0 Å². The molecule has 2 atom stereocenters. The Balaban J connectivity index is 1.70. The van der Waals surface area contributed by atoms with Gasteiger partial charge in [0.05, 0.1) is 45.7 Å². The Morgan fingerprint density at radius 2 is 1.45 bits per heavy atom. The van der Waals surface area contributed by atoms with Crippen LogP contribution < -0.4 is 5.73 Å². The predicted molar refractivity (Wildman–Crippen MR) is 78.9 cm³/mol. The van der Waals surface area contributed by atoms with Crippen LogP contribution in [0.4, 0.5) is 0 Å². The normalized spacial score (nSPS) is 22.5. The molecule has 2 N–H and O–H groups in total. The highest BCUT2D eigenvalue weighted by Gasteiger charge is 2.21. The lowest BCUT2D eigenvalue weighted by molar-refractivity contribution is -0.0174. The third-order valence-electron chi connectivity index (χ3n) is 3.39. The van der Waals surface area contributed by atoms with E-state index in [9.17, 15) is 0 Å². The van der Waals surface area contributed by atoms with Gasteiger partial charge in [0.1, 0.15) is 0 Å². The van der Waals surface area contributed by atoms with Gasteiger partial charge in [0.2, 0.25) is 0 Å². The standard InChI is InChI=1S/C15H31NO4/c1-2-3-6-17-7-8-18-9-10-19-11-12-20-15-5-4-14(16)13-15/h14-15H,2-13,16H2,1H3. The Hall–Kier alpha value is -0.200. The van der Waals surface area contributed by atoms with E-state index >= 15 is 0 Å². The molecule has 0 radical (unpaired) electrons. The van der Waals surface area contributed by atoms with E-state index in [1.54, 1.807) is 0 Å². The Morgan fingerprint density at radius 1 is 0.850 bits per heavy atom. The summed E-state index contributed by atoms with van der Waals surface area (Å²) in [5, 5.41) is 0. The Kier molecular flexibility index (Phi) is 11.2. The summed E-state index contributed by atoms with van der Waals surface area (Å²) in [4.78, 5) is 0. The van der Waals surface area contributed by atoms with E-state index in [1.165, 1.54) is 6.42 Å². The quantitative estimate of drug-likeness (QED) is 0.523. The molecule has 1 rings (SSSR count). The first-order chi connectivity index (χ1) is 9.83. The fourth-order valence-corrected chi connectivity index (χ4v) is 2.19. The van der Waals surface area contributed by atoms with Gasteiger partial charge in [-0.1, -0.05) is 13.3 Å². The number of hydrogen-bond acceptors (Lipinski definition) is 5. The molecule has 1 aliphatic carbocycles. The minimum Gasteiger partial charge on any atom is -0.379 e. The zero-order valence-electron chi connectivity index (χ0n) is 12.9. The van der Waals surface area contributed by atoms with Crippen molar-refractivity contribution in [2.75, 3.05) is 46.2 Å². The van der Waals surface area contributed by atoms with Crippen LogP contribution in [-0.2, 0) is 18.9 Å². The predicted octanol–water partition coefficient (Wildman–Crippen LogP) is 1.73. The molecule has 120 valence electrons. The van der Waals surface area contributed by atoms with Gasteiger partial charge in [-0.3, -0.25) is 0 Å². The van der Waals surface area contributed by atoms with Crippen molar-refractivity contribution in [3.63, 3.8) is 0 Å². The van der Waals surface area contributed by atoms with Crippen LogP contribution in [0.3, 0.4) is 0 Å². The summed E-state index contributed by atoms with van der Waals surface area (Å²) >= 11 is 0. The number of hydrogen-bond donors (Lipinski definition) is 1. The van der Waals surface area contributed by atoms with Crippen molar-refractivity contribution in [2.45, 2.75) is 51.2 Å². The zero-order chi connectivity index (χ0) is 14.5. The van der Waals surface area contributed by atoms with Crippen molar-refractivity contribution < 1.29 is 18.9 Å². The van der Waals surface area contributed by atoms with Crippen LogP contribution in [0.5, 0.6) is 0 Å². The number of unbranched alkanes of at least 4 members (excludes halogenated alkanes) is 1. The van der Waals surface area contributed by atoms with E-state index in [0.717, 1.165) is 32.3 Å². The highest BCUT2D eigenvalue weighted by atomic mass is 16.6. The second-order valence-corrected chi connectivity index (χ2v) is 5.26. The molecule has 0 aromatic rings. The minimum absolute atomic E-state index is 0.328. The molecule has 1 fully saturated rings. The van der Waals surface area contributed by atoms with Crippen LogP contribution in [0.2, 0.25) is 0 Å². The minimum atomic E-state index is 0.328. The third-order valence-corrected chi connectivity index (χ3v) is 3.39. The Morgan fingerprint density at radius 3 is 2.00 bits per heavy atom. The molecule has 5 nitrogen and oxygen atoms in total. The maximum Gasteiger partial charge on any atom is 0.0704 e. The van der Waals surface area contributed by atoms with Crippen molar-refractivity contribution in [3.05, 3.63) is 0 Å². The first-order valence-electron chi connectivity index (χ1n) is 7.93. The van der Waals surface area contributed by atoms with Gasteiger partial charge < -0.3 is 24.7 Å². The molecule has 0 aliphatic heterocycles. The Bertz CT molecular complexity index is 216. The summed E-state index contributed by atoms with van der Waals surface area (Å²) in [7, 11) is 0. The van der Waals surface area contributed by atoms with Gasteiger partial charge in [0.25, 0.3) is 0 Å². The van der Waals surface area contributed by atoms with E-state index in [2.05, 4.69) is 6.92 Å². The van der Waals surface area contributed by atoms with Crippen LogP contribution in [0.1, 0.15) is 39.0 Å². The summed E-state index contributed by atoms with van der Waals surface area (Å²) < 4.78 is 21.9. The average molecular weight is 289 g/mol. The molecular weight excluding hydrogens is 258 g/mol. The lowest BCUT2D eigenvalue weighted by Crippen LogP contribution is -2.19. The molecule has 0 amide bonds. The molecule has 0 aromatic heterocycles. The van der Waals surface area contributed by atoms with Crippen LogP contribution in [0.25, 0.3) is 0 Å². The Labute approximate surface area is 123 Å². The number of nitrogens with two attached hydrogens (primary N) is 1. The second-order valence-electron chi connectivity index (χ2n) is 5.26. The molecule has 0 spiro atoms. The van der Waals surface area contributed by atoms with Crippen LogP contribution >= 0.6 is 0 Å². The smallest absolute Gasteiger partial charge is 0.0704 e. The van der Waals surface area contributed by atoms with Crippen molar-refractivity contribution >= 4 is 0 Å². The molecule has 5 heteroatoms. The van der Waals surface area contributed by atoms with Gasteiger partial charge in [-0.25, -0.2) is 0 Å². The van der Waals surface area contributed by atoms with Gasteiger partial charge in [-0.15, -0.1) is 0 Å². The summed E-state index contributed by atoms with van der Waals surface area (Å²) in [5.41, 5.74) is 5.82. The third kappa shape index (κ3) is 9.66. The summed E-state index contributed by atoms with van der Waals surface area (Å²) in [6.45, 7) is 6.81. The van der Waals surface area contributed by atoms with Crippen molar-refractivity contribution in [2.24, 2.45) is 5.73 Å². The van der Waals surface area contributed by atoms with Gasteiger partial charge in [0.15, 0.2) is 0 Å². The monoisotopic (exact) mass is 289 g/mol. The molecule has 0 saturated heterocycles. The SMILES string of the molecule is CCCCOCCOCCOCCOC1CCC(N)C1. The van der Waals surface area contributed by atoms with E-state index in [0.29, 0.717) is 51.8 Å². The first kappa shape index (κ1) is 17.9. The largest absolute Gasteiger partial charge is 0.379 e. The summed E-state index contributed by atoms with van der Waals surface area (Å²) in [6.07, 6.45) is 5.78. The zero-order valence-corrected chi connectivity index (χ0v) is 12.9. The molecular formula is C15H31NO4.